The molecule has 0 N–H and O–H groups in total. The third-order valence-corrected chi connectivity index (χ3v) is 2.88. The van der Waals surface area contributed by atoms with Crippen molar-refractivity contribution in [2.45, 2.75) is 34.1 Å². The molecule has 0 fully saturated rings. The van der Waals surface area contributed by atoms with Crippen LogP contribution in [0, 0.1) is 0 Å². The van der Waals surface area contributed by atoms with Crippen LogP contribution in [0.2, 0.25) is 0 Å². The number of hydrogen-bond donors (Lipinski definition) is 0. The zero-order chi connectivity index (χ0) is 12.7. The van der Waals surface area contributed by atoms with Crippen molar-refractivity contribution in [1.29, 1.82) is 0 Å². The molecule has 1 nitrogen and oxygen atoms in total. The zero-order valence-corrected chi connectivity index (χ0v) is 11.4. The Morgan fingerprint density at radius 2 is 1.81 bits per heavy atom. The standard InChI is InChI=1S/C15H25N/c1-8-15(10-13(5)12(3)4)11-14(6)16(7)9-2/h8,10H,1,6,9,11H2,2-5,7H3/b15-10+. The van der Waals surface area contributed by atoms with Crippen LogP contribution >= 0.6 is 0 Å². The van der Waals surface area contributed by atoms with Crippen molar-refractivity contribution in [2.75, 3.05) is 13.6 Å². The Hall–Kier alpha value is -1.24. The summed E-state index contributed by atoms with van der Waals surface area (Å²) in [6, 6.07) is 0. The van der Waals surface area contributed by atoms with Gasteiger partial charge in [-0.15, -0.1) is 0 Å². The molecule has 16 heavy (non-hydrogen) atoms. The van der Waals surface area contributed by atoms with E-state index in [1.807, 2.05) is 6.08 Å². The highest BCUT2D eigenvalue weighted by atomic mass is 15.1. The minimum atomic E-state index is 0.873. The third kappa shape index (κ3) is 5.01. The lowest BCUT2D eigenvalue weighted by atomic mass is 10.0. The molecule has 0 aliphatic heterocycles. The van der Waals surface area contributed by atoms with Gasteiger partial charge in [-0.05, 0) is 33.3 Å². The molecule has 0 unspecified atom stereocenters. The molecule has 0 heterocycles. The Morgan fingerprint density at radius 1 is 1.25 bits per heavy atom. The van der Waals surface area contributed by atoms with Crippen LogP contribution in [0.1, 0.15) is 34.1 Å². The second kappa shape index (κ2) is 7.10. The Bertz CT molecular complexity index is 314. The maximum atomic E-state index is 4.09. The van der Waals surface area contributed by atoms with Crippen molar-refractivity contribution >= 4 is 0 Å². The van der Waals surface area contributed by atoms with Gasteiger partial charge in [-0.3, -0.25) is 0 Å². The van der Waals surface area contributed by atoms with E-state index < -0.39 is 0 Å². The molecule has 0 aromatic rings. The van der Waals surface area contributed by atoms with Gasteiger partial charge in [0.25, 0.3) is 0 Å². The van der Waals surface area contributed by atoms with E-state index in [9.17, 15) is 0 Å². The molecule has 1 heteroatoms. The lowest BCUT2D eigenvalue weighted by Gasteiger charge is -2.20. The Labute approximate surface area is 101 Å². The number of hydrogen-bond acceptors (Lipinski definition) is 1. The van der Waals surface area contributed by atoms with Gasteiger partial charge in [0.05, 0.1) is 0 Å². The second-order valence-electron chi connectivity index (χ2n) is 4.36. The van der Waals surface area contributed by atoms with Crippen LogP contribution in [0.25, 0.3) is 0 Å². The molecular weight excluding hydrogens is 194 g/mol. The van der Waals surface area contributed by atoms with Gasteiger partial charge < -0.3 is 4.90 Å². The summed E-state index contributed by atoms with van der Waals surface area (Å²) in [7, 11) is 2.07. The molecule has 0 aliphatic carbocycles. The van der Waals surface area contributed by atoms with Gasteiger partial charge in [0.15, 0.2) is 0 Å². The minimum Gasteiger partial charge on any atom is -0.378 e. The predicted molar refractivity (Wildman–Crippen MR) is 74.4 cm³/mol. The molecule has 0 aliphatic rings. The van der Waals surface area contributed by atoms with Crippen molar-refractivity contribution in [3.8, 4) is 0 Å². The van der Waals surface area contributed by atoms with E-state index in [2.05, 4.69) is 58.9 Å². The third-order valence-electron chi connectivity index (χ3n) is 2.88. The van der Waals surface area contributed by atoms with E-state index in [4.69, 9.17) is 0 Å². The fraction of sp³-hybridized carbons (Fsp3) is 0.467. The Balaban J connectivity index is 4.73. The molecular formula is C15H25N. The van der Waals surface area contributed by atoms with E-state index in [0.29, 0.717) is 0 Å². The number of rotatable bonds is 6. The van der Waals surface area contributed by atoms with E-state index in [1.165, 1.54) is 16.7 Å². The summed E-state index contributed by atoms with van der Waals surface area (Å²) >= 11 is 0. The highest BCUT2D eigenvalue weighted by molar-refractivity contribution is 5.32. The Morgan fingerprint density at radius 3 is 2.19 bits per heavy atom. The van der Waals surface area contributed by atoms with Crippen LogP contribution in [0.5, 0.6) is 0 Å². The van der Waals surface area contributed by atoms with E-state index in [-0.39, 0.29) is 0 Å². The maximum Gasteiger partial charge on any atom is 0.0143 e. The molecule has 0 amide bonds. The Kier molecular flexibility index (Phi) is 6.55. The van der Waals surface area contributed by atoms with Crippen molar-refractivity contribution in [1.82, 2.24) is 4.90 Å². The zero-order valence-electron chi connectivity index (χ0n) is 11.4. The summed E-state index contributed by atoms with van der Waals surface area (Å²) in [6.45, 7) is 17.4. The first kappa shape index (κ1) is 14.8. The summed E-state index contributed by atoms with van der Waals surface area (Å²) in [5.74, 6) is 0. The van der Waals surface area contributed by atoms with Crippen molar-refractivity contribution in [3.05, 3.63) is 47.7 Å². The largest absolute Gasteiger partial charge is 0.378 e. The smallest absolute Gasteiger partial charge is 0.0143 e. The first-order valence-electron chi connectivity index (χ1n) is 5.78. The summed E-state index contributed by atoms with van der Waals surface area (Å²) in [4.78, 5) is 2.16. The fourth-order valence-corrected chi connectivity index (χ4v) is 1.20. The average Bonchev–Trinajstić information content (AvgIpc) is 2.26. The summed E-state index contributed by atoms with van der Waals surface area (Å²) < 4.78 is 0. The predicted octanol–water partition coefficient (Wildman–Crippen LogP) is 4.31. The molecule has 0 aromatic carbocycles. The highest BCUT2D eigenvalue weighted by Gasteiger charge is 2.02. The van der Waals surface area contributed by atoms with Crippen LogP contribution < -0.4 is 0 Å². The van der Waals surface area contributed by atoms with Crippen LogP contribution in [-0.2, 0) is 0 Å². The van der Waals surface area contributed by atoms with Crippen molar-refractivity contribution in [3.63, 3.8) is 0 Å². The summed E-state index contributed by atoms with van der Waals surface area (Å²) in [6.07, 6.45) is 4.98. The first-order chi connectivity index (χ1) is 7.42. The van der Waals surface area contributed by atoms with Crippen molar-refractivity contribution < 1.29 is 0 Å². The number of allylic oxidation sites excluding steroid dienone is 5. The fourth-order valence-electron chi connectivity index (χ4n) is 1.20. The summed E-state index contributed by atoms with van der Waals surface area (Å²) in [5, 5.41) is 0. The van der Waals surface area contributed by atoms with Gasteiger partial charge in [0.1, 0.15) is 0 Å². The molecule has 0 radical (unpaired) electrons. The van der Waals surface area contributed by atoms with Crippen molar-refractivity contribution in [2.24, 2.45) is 0 Å². The van der Waals surface area contributed by atoms with Gasteiger partial charge in [0, 0.05) is 25.7 Å². The quantitative estimate of drug-likeness (QED) is 0.602. The van der Waals surface area contributed by atoms with E-state index >= 15 is 0 Å². The van der Waals surface area contributed by atoms with Gasteiger partial charge >= 0.3 is 0 Å². The lowest BCUT2D eigenvalue weighted by molar-refractivity contribution is 0.434. The minimum absolute atomic E-state index is 0.873. The van der Waals surface area contributed by atoms with E-state index in [1.54, 1.807) is 0 Å². The normalized spacial score (nSPS) is 10.9. The summed E-state index contributed by atoms with van der Waals surface area (Å²) in [5.41, 5.74) is 5.01. The van der Waals surface area contributed by atoms with Crippen LogP contribution in [0.15, 0.2) is 47.7 Å². The van der Waals surface area contributed by atoms with Gasteiger partial charge in [-0.25, -0.2) is 0 Å². The monoisotopic (exact) mass is 219 g/mol. The molecule has 0 saturated heterocycles. The second-order valence-corrected chi connectivity index (χ2v) is 4.36. The van der Waals surface area contributed by atoms with Gasteiger partial charge in [-0.2, -0.15) is 0 Å². The molecule has 0 spiro atoms. The van der Waals surface area contributed by atoms with Gasteiger partial charge in [-0.1, -0.05) is 36.5 Å². The molecule has 0 bridgehead atoms. The molecule has 0 rings (SSSR count). The van der Waals surface area contributed by atoms with E-state index in [0.717, 1.165) is 18.7 Å². The SMILES string of the molecule is C=C/C(=C\C(C)=C(C)C)CC(=C)N(C)CC. The van der Waals surface area contributed by atoms with Crippen LogP contribution in [0.4, 0.5) is 0 Å². The topological polar surface area (TPSA) is 3.24 Å². The number of nitrogens with zero attached hydrogens (tertiary/aromatic N) is 1. The molecule has 0 atom stereocenters. The average molecular weight is 219 g/mol. The molecule has 0 aromatic heterocycles. The van der Waals surface area contributed by atoms with Crippen LogP contribution in [0.3, 0.4) is 0 Å². The highest BCUT2D eigenvalue weighted by Crippen LogP contribution is 2.16. The van der Waals surface area contributed by atoms with Crippen LogP contribution in [-0.4, -0.2) is 18.5 Å². The maximum absolute atomic E-state index is 4.09. The molecule has 0 saturated carbocycles. The molecule has 90 valence electrons. The van der Waals surface area contributed by atoms with Gasteiger partial charge in [0.2, 0.25) is 0 Å². The lowest BCUT2D eigenvalue weighted by Crippen LogP contribution is -2.16. The first-order valence-corrected chi connectivity index (χ1v) is 5.78.